The first-order chi connectivity index (χ1) is 37.2. The van der Waals surface area contributed by atoms with Crippen molar-refractivity contribution >= 4 is 25.7 Å². The lowest BCUT2D eigenvalue weighted by Gasteiger charge is -2.21. The van der Waals surface area contributed by atoms with Crippen molar-refractivity contribution in [1.82, 2.24) is 0 Å². The van der Waals surface area contributed by atoms with Crippen molar-refractivity contribution < 1.29 is 52.2 Å². The number of carbonyl (C=O) groups excluding carboxylic acids is 3. The number of ether oxygens (including phenoxy) is 3. The van der Waals surface area contributed by atoms with E-state index in [4.69, 9.17) is 23.3 Å². The summed E-state index contributed by atoms with van der Waals surface area (Å²) in [6.45, 7) is 4.59. The van der Waals surface area contributed by atoms with Gasteiger partial charge < -0.3 is 24.2 Å². The van der Waals surface area contributed by atoms with Crippen LogP contribution in [0, 0.1) is 0 Å². The van der Waals surface area contributed by atoms with E-state index in [9.17, 15) is 28.9 Å². The van der Waals surface area contributed by atoms with Gasteiger partial charge in [0, 0.05) is 19.3 Å². The summed E-state index contributed by atoms with van der Waals surface area (Å²) in [7, 11) is -4.75. The lowest BCUT2D eigenvalue weighted by molar-refractivity contribution is -0.161. The van der Waals surface area contributed by atoms with Crippen molar-refractivity contribution in [1.29, 1.82) is 0 Å². The number of esters is 3. The topological polar surface area (TPSA) is 155 Å². The minimum atomic E-state index is -4.75. The summed E-state index contributed by atoms with van der Waals surface area (Å²) >= 11 is 0. The van der Waals surface area contributed by atoms with Crippen molar-refractivity contribution in [2.75, 3.05) is 26.4 Å². The summed E-state index contributed by atoms with van der Waals surface area (Å²) in [6, 6.07) is 0. The van der Waals surface area contributed by atoms with Crippen LogP contribution in [-0.4, -0.2) is 66.5 Å². The molecule has 11 nitrogen and oxygen atoms in total. The fourth-order valence-electron chi connectivity index (χ4n) is 9.26. The van der Waals surface area contributed by atoms with Crippen LogP contribution in [0.15, 0.2) is 36.5 Å². The molecule has 0 radical (unpaired) electrons. The van der Waals surface area contributed by atoms with Gasteiger partial charge in [0.25, 0.3) is 0 Å². The fraction of sp³-hybridized carbons (Fsp3) is 0.859. The van der Waals surface area contributed by atoms with E-state index in [-0.39, 0.29) is 25.9 Å². The van der Waals surface area contributed by atoms with Crippen molar-refractivity contribution in [2.45, 2.75) is 328 Å². The molecule has 0 aliphatic carbocycles. The zero-order valence-electron chi connectivity index (χ0n) is 49.5. The average molecular weight is 1100 g/mol. The van der Waals surface area contributed by atoms with E-state index >= 15 is 0 Å². The number of phosphoric acid groups is 1. The zero-order valence-corrected chi connectivity index (χ0v) is 50.4. The molecule has 0 aliphatic rings. The van der Waals surface area contributed by atoms with Gasteiger partial charge >= 0.3 is 25.7 Å². The van der Waals surface area contributed by atoms with Gasteiger partial charge in [-0.05, 0) is 51.4 Å². The summed E-state index contributed by atoms with van der Waals surface area (Å²) in [5.74, 6) is -1.46. The quantitative estimate of drug-likeness (QED) is 0.0197. The molecule has 76 heavy (non-hydrogen) atoms. The maximum absolute atomic E-state index is 12.9. The molecule has 0 amide bonds. The van der Waals surface area contributed by atoms with Crippen LogP contribution in [0.5, 0.6) is 0 Å². The Kier molecular flexibility index (Phi) is 57.1. The predicted molar refractivity (Wildman–Crippen MR) is 316 cm³/mol. The molecule has 0 spiro atoms. The number of unbranched alkanes of at least 4 members (excludes halogenated alkanes) is 37. The maximum Gasteiger partial charge on any atom is 0.472 e. The lowest BCUT2D eigenvalue weighted by Crippen LogP contribution is -2.30. The summed E-state index contributed by atoms with van der Waals surface area (Å²) in [5.41, 5.74) is 0. The number of phosphoric ester groups is 1. The van der Waals surface area contributed by atoms with E-state index in [0.717, 1.165) is 89.9 Å². The summed E-state index contributed by atoms with van der Waals surface area (Å²) in [5, 5.41) is 9.84. The molecule has 0 aromatic rings. The molecule has 0 fully saturated rings. The Morgan fingerprint density at radius 1 is 0.382 bits per heavy atom. The molecule has 3 atom stereocenters. The predicted octanol–water partition coefficient (Wildman–Crippen LogP) is 19.2. The standard InChI is InChI=1S/C64H119O11P/c1-4-7-10-13-16-19-22-25-28-29-30-31-34-37-40-43-46-49-52-55-64(68)75-61(57-71-62(66)53-50-47-44-41-38-35-32-26-23-20-17-14-11-8-5-2)59-73-76(69,70)72-58-60(56-65)74-63(67)54-51-48-45-42-39-36-33-27-24-21-18-15-12-9-6-3/h8,11,17,20,26,32,60-61,65H,4-7,9-10,12-16,18-19,21-25,27-31,33-59H2,1-3H3,(H,69,70)/b11-8-,20-17-,32-26-. The van der Waals surface area contributed by atoms with Gasteiger partial charge in [-0.1, -0.05) is 282 Å². The second-order valence-corrected chi connectivity index (χ2v) is 23.0. The van der Waals surface area contributed by atoms with Gasteiger partial charge in [0.15, 0.2) is 6.10 Å². The van der Waals surface area contributed by atoms with Crippen LogP contribution in [0.4, 0.5) is 0 Å². The normalized spacial score (nSPS) is 13.5. The molecule has 2 N–H and O–H groups in total. The van der Waals surface area contributed by atoms with Crippen LogP contribution in [0.25, 0.3) is 0 Å². The minimum absolute atomic E-state index is 0.170. The van der Waals surface area contributed by atoms with Crippen molar-refractivity contribution in [3.05, 3.63) is 36.5 Å². The number of hydrogen-bond acceptors (Lipinski definition) is 10. The third-order valence-corrected chi connectivity index (χ3v) is 15.0. The summed E-state index contributed by atoms with van der Waals surface area (Å²) < 4.78 is 39.7. The molecule has 0 aromatic heterocycles. The largest absolute Gasteiger partial charge is 0.472 e. The smallest absolute Gasteiger partial charge is 0.462 e. The Morgan fingerprint density at radius 3 is 1.05 bits per heavy atom. The van der Waals surface area contributed by atoms with Gasteiger partial charge in [-0.25, -0.2) is 4.57 Å². The first-order valence-corrected chi connectivity index (χ1v) is 33.4. The number of carbonyl (C=O) groups is 3. The molecule has 0 saturated heterocycles. The monoisotopic (exact) mass is 1090 g/mol. The highest BCUT2D eigenvalue weighted by molar-refractivity contribution is 7.47. The summed E-state index contributed by atoms with van der Waals surface area (Å²) in [6.07, 6.45) is 62.4. The molecule has 446 valence electrons. The van der Waals surface area contributed by atoms with Crippen LogP contribution >= 0.6 is 7.82 Å². The number of allylic oxidation sites excluding steroid dienone is 6. The molecule has 12 heteroatoms. The first-order valence-electron chi connectivity index (χ1n) is 31.9. The Balaban J connectivity index is 4.66. The number of rotatable bonds is 60. The maximum atomic E-state index is 12.9. The highest BCUT2D eigenvalue weighted by atomic mass is 31.2. The highest BCUT2D eigenvalue weighted by Crippen LogP contribution is 2.43. The van der Waals surface area contributed by atoms with Crippen molar-refractivity contribution in [3.8, 4) is 0 Å². The zero-order chi connectivity index (χ0) is 55.5. The van der Waals surface area contributed by atoms with Gasteiger partial charge in [0.05, 0.1) is 19.8 Å². The molecular formula is C64H119O11P. The number of aliphatic hydroxyl groups is 1. The van der Waals surface area contributed by atoms with Gasteiger partial charge in [-0.15, -0.1) is 0 Å². The fourth-order valence-corrected chi connectivity index (χ4v) is 10.0. The van der Waals surface area contributed by atoms with E-state index in [1.807, 2.05) is 0 Å². The molecular weight excluding hydrogens is 976 g/mol. The Hall–Kier alpha value is -2.30. The molecule has 3 unspecified atom stereocenters. The first kappa shape index (κ1) is 73.7. The van der Waals surface area contributed by atoms with Gasteiger partial charge in [-0.2, -0.15) is 0 Å². The van der Waals surface area contributed by atoms with Crippen LogP contribution < -0.4 is 0 Å². The SMILES string of the molecule is CC/C=C\C/C=C\C/C=C\CCCCCCCC(=O)OCC(COP(=O)(O)OCC(CO)OC(=O)CCCCCCCCCCCCCCCCC)OC(=O)CCCCCCCCCCCCCCCCCCCCC. The van der Waals surface area contributed by atoms with E-state index in [1.54, 1.807) is 0 Å². The number of hydrogen-bond donors (Lipinski definition) is 2. The van der Waals surface area contributed by atoms with E-state index < -0.39 is 57.8 Å². The summed E-state index contributed by atoms with van der Waals surface area (Å²) in [4.78, 5) is 48.7. The third-order valence-electron chi connectivity index (χ3n) is 14.1. The minimum Gasteiger partial charge on any atom is -0.462 e. The molecule has 0 saturated carbocycles. The van der Waals surface area contributed by atoms with Crippen molar-refractivity contribution in [2.24, 2.45) is 0 Å². The lowest BCUT2D eigenvalue weighted by atomic mass is 10.0. The second-order valence-electron chi connectivity index (χ2n) is 21.6. The van der Waals surface area contributed by atoms with Crippen molar-refractivity contribution in [3.63, 3.8) is 0 Å². The Bertz CT molecular complexity index is 1420. The molecule has 0 rings (SSSR count). The Labute approximate surface area is 467 Å². The van der Waals surface area contributed by atoms with Crippen LogP contribution in [0.1, 0.15) is 316 Å². The second kappa shape index (κ2) is 58.8. The Morgan fingerprint density at radius 2 is 0.684 bits per heavy atom. The average Bonchev–Trinajstić information content (AvgIpc) is 3.41. The van der Waals surface area contributed by atoms with E-state index in [1.165, 1.54) is 167 Å². The van der Waals surface area contributed by atoms with Crippen LogP contribution in [-0.2, 0) is 42.2 Å². The van der Waals surface area contributed by atoms with E-state index in [0.29, 0.717) is 19.3 Å². The van der Waals surface area contributed by atoms with Gasteiger partial charge in [0.2, 0.25) is 0 Å². The van der Waals surface area contributed by atoms with Crippen LogP contribution in [0.2, 0.25) is 0 Å². The molecule has 0 heterocycles. The van der Waals surface area contributed by atoms with Gasteiger partial charge in [-0.3, -0.25) is 23.4 Å². The number of aliphatic hydroxyl groups excluding tert-OH is 1. The van der Waals surface area contributed by atoms with Crippen LogP contribution in [0.3, 0.4) is 0 Å². The molecule has 0 aromatic carbocycles. The van der Waals surface area contributed by atoms with E-state index in [2.05, 4.69) is 57.2 Å². The third kappa shape index (κ3) is 56.4. The highest BCUT2D eigenvalue weighted by Gasteiger charge is 2.28. The molecule has 0 aliphatic heterocycles. The molecule has 0 bridgehead atoms. The van der Waals surface area contributed by atoms with Gasteiger partial charge in [0.1, 0.15) is 12.7 Å².